The Labute approximate surface area is 130 Å². The van der Waals surface area contributed by atoms with Gasteiger partial charge in [0.05, 0.1) is 5.75 Å². The molecular formula is C13H22N4O4S. The molecule has 1 fully saturated rings. The Hall–Kier alpha value is -1.48. The van der Waals surface area contributed by atoms with Gasteiger partial charge in [0.1, 0.15) is 5.71 Å². The van der Waals surface area contributed by atoms with Crippen LogP contribution in [0.2, 0.25) is 0 Å². The van der Waals surface area contributed by atoms with Crippen LogP contribution in [0.4, 0.5) is 0 Å². The van der Waals surface area contributed by atoms with Gasteiger partial charge in [-0.1, -0.05) is 6.92 Å². The van der Waals surface area contributed by atoms with Crippen molar-refractivity contribution in [2.45, 2.75) is 45.1 Å². The fourth-order valence-corrected chi connectivity index (χ4v) is 3.99. The highest BCUT2D eigenvalue weighted by Gasteiger charge is 2.28. The minimum absolute atomic E-state index is 0.117. The Bertz CT molecular complexity index is 565. The predicted molar refractivity (Wildman–Crippen MR) is 81.6 cm³/mol. The van der Waals surface area contributed by atoms with Gasteiger partial charge >= 0.3 is 0 Å². The lowest BCUT2D eigenvalue weighted by Gasteiger charge is -2.32. The molecule has 0 radical (unpaired) electrons. The number of carbonyl (C=O) groups excluding carboxylic acids is 2. The van der Waals surface area contributed by atoms with Crippen molar-refractivity contribution in [3.8, 4) is 0 Å². The van der Waals surface area contributed by atoms with Gasteiger partial charge < -0.3 is 4.90 Å². The first-order chi connectivity index (χ1) is 10.4. The molecule has 124 valence electrons. The van der Waals surface area contributed by atoms with E-state index in [1.54, 1.807) is 4.90 Å². The van der Waals surface area contributed by atoms with Crippen LogP contribution in [0.3, 0.4) is 0 Å². The fourth-order valence-electron chi connectivity index (χ4n) is 2.59. The van der Waals surface area contributed by atoms with Crippen LogP contribution in [0, 0.1) is 0 Å². The number of sulfonamides is 1. The van der Waals surface area contributed by atoms with Gasteiger partial charge in [0, 0.05) is 32.0 Å². The monoisotopic (exact) mass is 330 g/mol. The maximum atomic E-state index is 12.3. The number of likely N-dealkylation sites (tertiary alicyclic amines) is 1. The van der Waals surface area contributed by atoms with E-state index >= 15 is 0 Å². The van der Waals surface area contributed by atoms with Crippen molar-refractivity contribution in [3.05, 3.63) is 0 Å². The minimum atomic E-state index is -3.22. The number of nitrogens with one attached hydrogen (secondary N) is 2. The summed E-state index contributed by atoms with van der Waals surface area (Å²) < 4.78 is 26.2. The summed E-state index contributed by atoms with van der Waals surface area (Å²) in [5, 5.41) is 3.80. The molecule has 22 heavy (non-hydrogen) atoms. The first-order valence-electron chi connectivity index (χ1n) is 7.56. The van der Waals surface area contributed by atoms with Crippen molar-refractivity contribution in [2.24, 2.45) is 5.10 Å². The number of amides is 2. The second kappa shape index (κ2) is 7.19. The standard InChI is InChI=1S/C13H22N4O4S/c1-2-9-22(20,21)16-10-5-7-17(8-6-10)13(19)11-3-4-12(18)15-14-11/h10,16H,2-9H2,1H3,(H,15,18). The van der Waals surface area contributed by atoms with Gasteiger partial charge in [-0.25, -0.2) is 18.6 Å². The molecule has 0 saturated carbocycles. The Morgan fingerprint density at radius 1 is 1.36 bits per heavy atom. The van der Waals surface area contributed by atoms with Crippen LogP contribution in [0.1, 0.15) is 39.0 Å². The number of hydrogen-bond donors (Lipinski definition) is 2. The summed E-state index contributed by atoms with van der Waals surface area (Å²) >= 11 is 0. The molecule has 9 heteroatoms. The maximum Gasteiger partial charge on any atom is 0.270 e. The van der Waals surface area contributed by atoms with Crippen LogP contribution in [0.25, 0.3) is 0 Å². The highest BCUT2D eigenvalue weighted by atomic mass is 32.2. The average molecular weight is 330 g/mol. The van der Waals surface area contributed by atoms with Crippen LogP contribution < -0.4 is 10.1 Å². The highest BCUT2D eigenvalue weighted by molar-refractivity contribution is 7.89. The SMILES string of the molecule is CCCS(=O)(=O)NC1CCN(C(=O)C2=NNC(=O)CC2)CC1. The Balaban J connectivity index is 1.84. The largest absolute Gasteiger partial charge is 0.337 e. The van der Waals surface area contributed by atoms with E-state index in [2.05, 4.69) is 15.2 Å². The third-order valence-electron chi connectivity index (χ3n) is 3.75. The van der Waals surface area contributed by atoms with E-state index in [0.717, 1.165) is 0 Å². The zero-order valence-corrected chi connectivity index (χ0v) is 13.5. The van der Waals surface area contributed by atoms with E-state index < -0.39 is 10.0 Å². The molecule has 1 saturated heterocycles. The molecule has 0 aliphatic carbocycles. The van der Waals surface area contributed by atoms with Crippen LogP contribution in [0.15, 0.2) is 5.10 Å². The quantitative estimate of drug-likeness (QED) is 0.713. The number of hydrazone groups is 1. The molecule has 0 atom stereocenters. The number of rotatable bonds is 5. The molecule has 0 spiro atoms. The number of carbonyl (C=O) groups is 2. The average Bonchev–Trinajstić information content (AvgIpc) is 2.47. The van der Waals surface area contributed by atoms with E-state index in [4.69, 9.17) is 0 Å². The van der Waals surface area contributed by atoms with Gasteiger partial charge in [-0.2, -0.15) is 5.10 Å². The van der Waals surface area contributed by atoms with E-state index in [9.17, 15) is 18.0 Å². The second-order valence-corrected chi connectivity index (χ2v) is 7.47. The molecular weight excluding hydrogens is 308 g/mol. The van der Waals surface area contributed by atoms with E-state index in [1.807, 2.05) is 6.92 Å². The van der Waals surface area contributed by atoms with Crippen LogP contribution in [0.5, 0.6) is 0 Å². The van der Waals surface area contributed by atoms with E-state index in [-0.39, 0.29) is 30.0 Å². The van der Waals surface area contributed by atoms with Gasteiger partial charge in [0.25, 0.3) is 5.91 Å². The summed E-state index contributed by atoms with van der Waals surface area (Å²) in [6, 6.07) is -0.117. The summed E-state index contributed by atoms with van der Waals surface area (Å²) in [5.74, 6) is -0.224. The third kappa shape index (κ3) is 4.51. The van der Waals surface area contributed by atoms with Crippen molar-refractivity contribution >= 4 is 27.5 Å². The Kier molecular flexibility index (Phi) is 5.52. The van der Waals surface area contributed by atoms with E-state index in [0.29, 0.717) is 44.5 Å². The van der Waals surface area contributed by atoms with Gasteiger partial charge in [-0.05, 0) is 19.3 Å². The highest BCUT2D eigenvalue weighted by Crippen LogP contribution is 2.14. The lowest BCUT2D eigenvalue weighted by atomic mass is 10.0. The summed E-state index contributed by atoms with van der Waals surface area (Å²) in [6.07, 6.45) is 2.40. The van der Waals surface area contributed by atoms with E-state index in [1.165, 1.54) is 0 Å². The van der Waals surface area contributed by atoms with Gasteiger partial charge in [0.2, 0.25) is 15.9 Å². The maximum absolute atomic E-state index is 12.3. The van der Waals surface area contributed by atoms with Crippen molar-refractivity contribution < 1.29 is 18.0 Å². The molecule has 2 rings (SSSR count). The molecule has 2 N–H and O–H groups in total. The summed E-state index contributed by atoms with van der Waals surface area (Å²) in [5.41, 5.74) is 2.68. The molecule has 2 aliphatic heterocycles. The summed E-state index contributed by atoms with van der Waals surface area (Å²) in [6.45, 7) is 2.81. The Morgan fingerprint density at radius 3 is 2.59 bits per heavy atom. The van der Waals surface area contributed by atoms with Crippen molar-refractivity contribution in [3.63, 3.8) is 0 Å². The molecule has 8 nitrogen and oxygen atoms in total. The molecule has 0 aromatic heterocycles. The number of nitrogens with zero attached hydrogens (tertiary/aromatic N) is 2. The smallest absolute Gasteiger partial charge is 0.270 e. The van der Waals surface area contributed by atoms with Gasteiger partial charge in [-0.3, -0.25) is 9.59 Å². The molecule has 2 aliphatic rings. The number of hydrogen-bond acceptors (Lipinski definition) is 5. The minimum Gasteiger partial charge on any atom is -0.337 e. The third-order valence-corrected chi connectivity index (χ3v) is 5.39. The first-order valence-corrected chi connectivity index (χ1v) is 9.21. The number of piperidine rings is 1. The lowest BCUT2D eigenvalue weighted by molar-refractivity contribution is -0.125. The molecule has 0 unspecified atom stereocenters. The molecule has 0 bridgehead atoms. The molecule has 2 amide bonds. The van der Waals surface area contributed by atoms with Crippen molar-refractivity contribution in [2.75, 3.05) is 18.8 Å². The molecule has 0 aromatic rings. The topological polar surface area (TPSA) is 108 Å². The summed E-state index contributed by atoms with van der Waals surface area (Å²) in [7, 11) is -3.22. The van der Waals surface area contributed by atoms with Crippen LogP contribution in [-0.2, 0) is 19.6 Å². The van der Waals surface area contributed by atoms with Gasteiger partial charge in [0.15, 0.2) is 0 Å². The Morgan fingerprint density at radius 2 is 2.05 bits per heavy atom. The fraction of sp³-hybridized carbons (Fsp3) is 0.769. The second-order valence-electron chi connectivity index (χ2n) is 5.60. The van der Waals surface area contributed by atoms with Crippen LogP contribution >= 0.6 is 0 Å². The normalized spacial score (nSPS) is 20.5. The summed E-state index contributed by atoms with van der Waals surface area (Å²) in [4.78, 5) is 25.0. The predicted octanol–water partition coefficient (Wildman–Crippen LogP) is -0.427. The first kappa shape index (κ1) is 16.9. The molecule has 2 heterocycles. The van der Waals surface area contributed by atoms with Crippen molar-refractivity contribution in [1.82, 2.24) is 15.0 Å². The van der Waals surface area contributed by atoms with Crippen LogP contribution in [-0.4, -0.2) is 55.7 Å². The zero-order chi connectivity index (χ0) is 16.2. The molecule has 0 aromatic carbocycles. The zero-order valence-electron chi connectivity index (χ0n) is 12.7. The van der Waals surface area contributed by atoms with Gasteiger partial charge in [-0.15, -0.1) is 0 Å². The lowest BCUT2D eigenvalue weighted by Crippen LogP contribution is -2.49. The van der Waals surface area contributed by atoms with Crippen molar-refractivity contribution in [1.29, 1.82) is 0 Å².